The SMILES string of the molecule is Nc1nsc(NCC2CC2)c1-c1ccncc1. The van der Waals surface area contributed by atoms with Crippen molar-refractivity contribution >= 4 is 22.4 Å². The van der Waals surface area contributed by atoms with E-state index in [1.165, 1.54) is 24.4 Å². The number of anilines is 2. The maximum Gasteiger partial charge on any atom is 0.147 e. The van der Waals surface area contributed by atoms with E-state index in [0.29, 0.717) is 5.82 Å². The van der Waals surface area contributed by atoms with Crippen LogP contribution in [-0.2, 0) is 0 Å². The highest BCUT2D eigenvalue weighted by atomic mass is 32.1. The van der Waals surface area contributed by atoms with Crippen LogP contribution in [0, 0.1) is 5.92 Å². The molecular formula is C12H14N4S. The average molecular weight is 246 g/mol. The standard InChI is InChI=1S/C12H14N4S/c13-11-10(9-3-5-14-6-4-9)12(17-16-11)15-7-8-1-2-8/h3-6,8,15H,1-2,7H2,(H2,13,16). The van der Waals surface area contributed by atoms with E-state index in [9.17, 15) is 0 Å². The van der Waals surface area contributed by atoms with E-state index >= 15 is 0 Å². The monoisotopic (exact) mass is 246 g/mol. The molecule has 5 heteroatoms. The summed E-state index contributed by atoms with van der Waals surface area (Å²) in [5.41, 5.74) is 8.02. The van der Waals surface area contributed by atoms with Crippen LogP contribution in [0.5, 0.6) is 0 Å². The molecule has 3 rings (SSSR count). The Bertz CT molecular complexity index is 504. The van der Waals surface area contributed by atoms with Gasteiger partial charge in [0.1, 0.15) is 10.8 Å². The summed E-state index contributed by atoms with van der Waals surface area (Å²) < 4.78 is 4.23. The summed E-state index contributed by atoms with van der Waals surface area (Å²) in [7, 11) is 0. The maximum atomic E-state index is 5.93. The molecule has 1 fully saturated rings. The molecule has 17 heavy (non-hydrogen) atoms. The van der Waals surface area contributed by atoms with E-state index in [1.807, 2.05) is 12.1 Å². The van der Waals surface area contributed by atoms with Crippen LogP contribution in [0.1, 0.15) is 12.8 Å². The van der Waals surface area contributed by atoms with Gasteiger partial charge >= 0.3 is 0 Å². The summed E-state index contributed by atoms with van der Waals surface area (Å²) in [6, 6.07) is 3.92. The number of pyridine rings is 1. The first kappa shape index (κ1) is 10.5. The van der Waals surface area contributed by atoms with Crippen LogP contribution in [0.3, 0.4) is 0 Å². The number of nitrogens with two attached hydrogens (primary N) is 1. The zero-order valence-electron chi connectivity index (χ0n) is 9.39. The Kier molecular flexibility index (Phi) is 2.68. The van der Waals surface area contributed by atoms with Crippen LogP contribution >= 0.6 is 11.5 Å². The van der Waals surface area contributed by atoms with E-state index in [0.717, 1.165) is 28.6 Å². The van der Waals surface area contributed by atoms with Crippen molar-refractivity contribution in [3.8, 4) is 11.1 Å². The normalized spacial score (nSPS) is 14.8. The van der Waals surface area contributed by atoms with Gasteiger partial charge in [-0.1, -0.05) is 0 Å². The molecule has 0 unspecified atom stereocenters. The number of aromatic nitrogens is 2. The molecule has 0 saturated heterocycles. The fraction of sp³-hybridized carbons (Fsp3) is 0.333. The molecule has 2 aromatic rings. The molecule has 88 valence electrons. The molecule has 3 N–H and O–H groups in total. The van der Waals surface area contributed by atoms with E-state index in [2.05, 4.69) is 14.7 Å². The Morgan fingerprint density at radius 1 is 1.35 bits per heavy atom. The second-order valence-corrected chi connectivity index (χ2v) is 5.11. The predicted molar refractivity (Wildman–Crippen MR) is 71.0 cm³/mol. The summed E-state index contributed by atoms with van der Waals surface area (Å²) in [5, 5.41) is 4.52. The van der Waals surface area contributed by atoms with Crippen LogP contribution in [0.4, 0.5) is 10.8 Å². The molecule has 4 nitrogen and oxygen atoms in total. The Labute approximate surface area is 104 Å². The van der Waals surface area contributed by atoms with Gasteiger partial charge in [-0.05, 0) is 48.0 Å². The summed E-state index contributed by atoms with van der Waals surface area (Å²) in [4.78, 5) is 4.02. The van der Waals surface area contributed by atoms with Crippen LogP contribution in [0.2, 0.25) is 0 Å². The average Bonchev–Trinajstić information content (AvgIpc) is 3.11. The molecule has 0 aromatic carbocycles. The minimum Gasteiger partial charge on any atom is -0.382 e. The first-order valence-electron chi connectivity index (χ1n) is 5.74. The Morgan fingerprint density at radius 2 is 2.12 bits per heavy atom. The van der Waals surface area contributed by atoms with Crippen LogP contribution in [-0.4, -0.2) is 15.9 Å². The second kappa shape index (κ2) is 4.33. The van der Waals surface area contributed by atoms with Gasteiger partial charge in [-0.3, -0.25) is 4.98 Å². The Morgan fingerprint density at radius 3 is 2.82 bits per heavy atom. The molecule has 2 heterocycles. The third-order valence-electron chi connectivity index (χ3n) is 2.94. The van der Waals surface area contributed by atoms with Gasteiger partial charge in [0.25, 0.3) is 0 Å². The largest absolute Gasteiger partial charge is 0.382 e. The lowest BCUT2D eigenvalue weighted by molar-refractivity contribution is 0.892. The number of rotatable bonds is 4. The zero-order valence-corrected chi connectivity index (χ0v) is 10.2. The van der Waals surface area contributed by atoms with Gasteiger partial charge in [0.15, 0.2) is 0 Å². The number of nitrogens with one attached hydrogen (secondary N) is 1. The smallest absolute Gasteiger partial charge is 0.147 e. The molecule has 0 amide bonds. The summed E-state index contributed by atoms with van der Waals surface area (Å²) >= 11 is 1.43. The molecule has 0 aliphatic heterocycles. The summed E-state index contributed by atoms with van der Waals surface area (Å²) in [6.45, 7) is 1.03. The fourth-order valence-electron chi connectivity index (χ4n) is 1.78. The van der Waals surface area contributed by atoms with Crippen molar-refractivity contribution in [3.63, 3.8) is 0 Å². The summed E-state index contributed by atoms with van der Waals surface area (Å²) in [6.07, 6.45) is 6.23. The minimum atomic E-state index is 0.597. The third-order valence-corrected chi connectivity index (χ3v) is 3.75. The van der Waals surface area contributed by atoms with Gasteiger partial charge in [-0.2, -0.15) is 4.37 Å². The molecule has 0 atom stereocenters. The minimum absolute atomic E-state index is 0.597. The highest BCUT2D eigenvalue weighted by molar-refractivity contribution is 7.11. The zero-order chi connectivity index (χ0) is 11.7. The van der Waals surface area contributed by atoms with E-state index in [1.54, 1.807) is 12.4 Å². The van der Waals surface area contributed by atoms with Crippen LogP contribution in [0.15, 0.2) is 24.5 Å². The van der Waals surface area contributed by atoms with Crippen molar-refractivity contribution in [3.05, 3.63) is 24.5 Å². The lowest BCUT2D eigenvalue weighted by Crippen LogP contribution is -2.02. The van der Waals surface area contributed by atoms with Crippen molar-refractivity contribution in [2.24, 2.45) is 5.92 Å². The molecule has 1 aliphatic rings. The Hall–Kier alpha value is -1.62. The highest BCUT2D eigenvalue weighted by Crippen LogP contribution is 2.37. The molecule has 0 spiro atoms. The van der Waals surface area contributed by atoms with Gasteiger partial charge in [0.2, 0.25) is 0 Å². The number of hydrogen-bond acceptors (Lipinski definition) is 5. The van der Waals surface area contributed by atoms with Gasteiger partial charge in [-0.25, -0.2) is 0 Å². The molecule has 1 saturated carbocycles. The summed E-state index contributed by atoms with van der Waals surface area (Å²) in [5.74, 6) is 1.43. The first-order chi connectivity index (χ1) is 8.34. The molecule has 2 aromatic heterocycles. The fourth-order valence-corrected chi connectivity index (χ4v) is 2.52. The van der Waals surface area contributed by atoms with Crippen molar-refractivity contribution in [2.75, 3.05) is 17.6 Å². The highest BCUT2D eigenvalue weighted by Gasteiger charge is 2.22. The topological polar surface area (TPSA) is 63.8 Å². The quantitative estimate of drug-likeness (QED) is 0.870. The number of hydrogen-bond donors (Lipinski definition) is 2. The van der Waals surface area contributed by atoms with Crippen LogP contribution < -0.4 is 11.1 Å². The van der Waals surface area contributed by atoms with Crippen LogP contribution in [0.25, 0.3) is 11.1 Å². The lowest BCUT2D eigenvalue weighted by atomic mass is 10.1. The Balaban J connectivity index is 1.88. The number of nitrogens with zero attached hydrogens (tertiary/aromatic N) is 2. The van der Waals surface area contributed by atoms with Gasteiger partial charge in [0.05, 0.1) is 5.56 Å². The molecule has 1 aliphatic carbocycles. The van der Waals surface area contributed by atoms with E-state index < -0.39 is 0 Å². The number of nitrogen functional groups attached to an aromatic ring is 1. The first-order valence-corrected chi connectivity index (χ1v) is 6.51. The molecule has 0 radical (unpaired) electrons. The van der Waals surface area contributed by atoms with Crippen molar-refractivity contribution in [1.82, 2.24) is 9.36 Å². The van der Waals surface area contributed by atoms with Crippen molar-refractivity contribution < 1.29 is 0 Å². The van der Waals surface area contributed by atoms with Crippen molar-refractivity contribution in [2.45, 2.75) is 12.8 Å². The lowest BCUT2D eigenvalue weighted by Gasteiger charge is -2.06. The van der Waals surface area contributed by atoms with Gasteiger partial charge in [0, 0.05) is 18.9 Å². The predicted octanol–water partition coefficient (Wildman–Crippen LogP) is 2.61. The molecule has 0 bridgehead atoms. The third kappa shape index (κ3) is 2.24. The van der Waals surface area contributed by atoms with Crippen molar-refractivity contribution in [1.29, 1.82) is 0 Å². The maximum absolute atomic E-state index is 5.93. The van der Waals surface area contributed by atoms with Gasteiger partial charge in [-0.15, -0.1) is 0 Å². The van der Waals surface area contributed by atoms with E-state index in [-0.39, 0.29) is 0 Å². The second-order valence-electron chi connectivity index (χ2n) is 4.33. The molecular weight excluding hydrogens is 232 g/mol. The van der Waals surface area contributed by atoms with E-state index in [4.69, 9.17) is 5.73 Å². The van der Waals surface area contributed by atoms with Gasteiger partial charge < -0.3 is 11.1 Å².